The Balaban J connectivity index is 1.36. The Labute approximate surface area is 208 Å². The summed E-state index contributed by atoms with van der Waals surface area (Å²) in [6, 6.07) is 6.40. The van der Waals surface area contributed by atoms with Gasteiger partial charge in [0.1, 0.15) is 6.10 Å². The number of morpholine rings is 1. The average Bonchev–Trinajstić information content (AvgIpc) is 3.30. The highest BCUT2D eigenvalue weighted by atomic mass is 127. The van der Waals surface area contributed by atoms with Crippen molar-refractivity contribution in [3.8, 4) is 6.01 Å². The third kappa shape index (κ3) is 5.28. The minimum absolute atomic E-state index is 0.0517. The molecule has 0 spiro atoms. The molecule has 184 valence electrons. The first-order chi connectivity index (χ1) is 16.4. The number of piperidine rings is 1. The predicted octanol–water partition coefficient (Wildman–Crippen LogP) is 3.36. The normalized spacial score (nSPS) is 24.1. The highest BCUT2D eigenvalue weighted by Crippen LogP contribution is 2.39. The zero-order chi connectivity index (χ0) is 23.7. The van der Waals surface area contributed by atoms with Crippen LogP contribution in [0.5, 0.6) is 6.01 Å². The van der Waals surface area contributed by atoms with Gasteiger partial charge < -0.3 is 28.5 Å². The number of rotatable bonds is 5. The number of aromatic nitrogens is 2. The standard InChI is InChI=1S/C22H25F2IN4O5/c23-22(24,25)17-3-1-14(2-4-17)15-9-16(19-26-20(27-34-19)33-18-12-32-13-18)11-29(10-15)21(30)28-5-7-31-8-6-28/h1-4,15-16,18H,5-13H2. The lowest BCUT2D eigenvalue weighted by Gasteiger charge is -2.40. The van der Waals surface area contributed by atoms with Gasteiger partial charge in [0.25, 0.3) is 0 Å². The van der Waals surface area contributed by atoms with Crippen LogP contribution in [0.25, 0.3) is 0 Å². The molecule has 9 nitrogen and oxygen atoms in total. The molecule has 1 aromatic heterocycles. The molecule has 2 atom stereocenters. The van der Waals surface area contributed by atoms with Crippen LogP contribution in [0.2, 0.25) is 0 Å². The molecule has 5 rings (SSSR count). The molecule has 12 heteroatoms. The number of halogens is 3. The van der Waals surface area contributed by atoms with Crippen LogP contribution in [0.3, 0.4) is 0 Å². The smallest absolute Gasteiger partial charge is 0.354 e. The van der Waals surface area contributed by atoms with Crippen LogP contribution in [0.15, 0.2) is 28.8 Å². The minimum atomic E-state index is -2.94. The van der Waals surface area contributed by atoms with Crippen molar-refractivity contribution in [2.45, 2.75) is 28.3 Å². The van der Waals surface area contributed by atoms with Gasteiger partial charge in [-0.3, -0.25) is 0 Å². The van der Waals surface area contributed by atoms with Crippen LogP contribution in [0.1, 0.15) is 35.3 Å². The van der Waals surface area contributed by atoms with Crippen molar-refractivity contribution in [3.05, 3.63) is 41.3 Å². The van der Waals surface area contributed by atoms with Gasteiger partial charge in [-0.2, -0.15) is 13.8 Å². The molecule has 0 saturated carbocycles. The molecule has 0 bridgehead atoms. The van der Waals surface area contributed by atoms with E-state index >= 15 is 0 Å². The quantitative estimate of drug-likeness (QED) is 0.390. The fourth-order valence-corrected chi connectivity index (χ4v) is 4.80. The zero-order valence-electron chi connectivity index (χ0n) is 18.4. The number of hydrogen-bond donors (Lipinski definition) is 0. The van der Waals surface area contributed by atoms with E-state index in [0.717, 1.165) is 28.2 Å². The number of hydrogen-bond acceptors (Lipinski definition) is 7. The highest BCUT2D eigenvalue weighted by Gasteiger charge is 2.37. The maximum atomic E-state index is 13.7. The minimum Gasteiger partial charge on any atom is -0.453 e. The van der Waals surface area contributed by atoms with E-state index in [0.29, 0.717) is 64.9 Å². The van der Waals surface area contributed by atoms with Crippen molar-refractivity contribution in [1.29, 1.82) is 0 Å². The summed E-state index contributed by atoms with van der Waals surface area (Å²) >= 11 is 1.12. The van der Waals surface area contributed by atoms with Crippen molar-refractivity contribution in [1.82, 2.24) is 19.9 Å². The zero-order valence-corrected chi connectivity index (χ0v) is 20.5. The Hall–Kier alpha value is -2.06. The molecule has 1 aromatic carbocycles. The molecule has 0 radical (unpaired) electrons. The van der Waals surface area contributed by atoms with Gasteiger partial charge in [0.2, 0.25) is 5.89 Å². The van der Waals surface area contributed by atoms with Gasteiger partial charge in [-0.05, 0) is 17.1 Å². The van der Waals surface area contributed by atoms with Gasteiger partial charge in [0, 0.05) is 60.3 Å². The molecule has 3 saturated heterocycles. The van der Waals surface area contributed by atoms with Gasteiger partial charge in [0.15, 0.2) is 0 Å². The van der Waals surface area contributed by atoms with Gasteiger partial charge in [-0.25, -0.2) is 4.79 Å². The number of alkyl halides is 3. The number of carbonyl (C=O) groups excluding carboxylic acids is 1. The molecule has 3 fully saturated rings. The number of urea groups is 1. The van der Waals surface area contributed by atoms with E-state index in [1.807, 2.05) is 0 Å². The maximum Gasteiger partial charge on any atom is 0.354 e. The lowest BCUT2D eigenvalue weighted by Crippen LogP contribution is -2.52. The van der Waals surface area contributed by atoms with E-state index in [-0.39, 0.29) is 35.5 Å². The number of benzene rings is 1. The second-order valence-corrected chi connectivity index (χ2v) is 10.1. The summed E-state index contributed by atoms with van der Waals surface area (Å²) < 4.78 is 46.0. The monoisotopic (exact) mass is 590 g/mol. The second kappa shape index (κ2) is 9.90. The average molecular weight is 590 g/mol. The molecule has 3 aliphatic rings. The molecule has 0 N–H and O–H groups in total. The molecule has 0 aliphatic carbocycles. The lowest BCUT2D eigenvalue weighted by atomic mass is 9.84. The molecule has 3 aliphatic heterocycles. The fraction of sp³-hybridized carbons (Fsp3) is 0.591. The molecule has 2 unspecified atom stereocenters. The van der Waals surface area contributed by atoms with E-state index in [4.69, 9.17) is 18.7 Å². The summed E-state index contributed by atoms with van der Waals surface area (Å²) in [5, 5.41) is 3.93. The number of ether oxygens (including phenoxy) is 3. The Bertz CT molecular complexity index is 992. The Morgan fingerprint density at radius 2 is 1.76 bits per heavy atom. The first kappa shape index (κ1) is 23.7. The van der Waals surface area contributed by atoms with E-state index in [1.54, 1.807) is 21.9 Å². The van der Waals surface area contributed by atoms with Crippen LogP contribution in [-0.4, -0.2) is 84.7 Å². The number of nitrogens with zero attached hydrogens (tertiary/aromatic N) is 4. The maximum absolute atomic E-state index is 13.7. The molecule has 34 heavy (non-hydrogen) atoms. The highest BCUT2D eigenvalue weighted by molar-refractivity contribution is 14.1. The van der Waals surface area contributed by atoms with Crippen molar-refractivity contribution in [2.24, 2.45) is 0 Å². The van der Waals surface area contributed by atoms with Crippen molar-refractivity contribution >= 4 is 28.6 Å². The first-order valence-electron chi connectivity index (χ1n) is 11.2. The van der Waals surface area contributed by atoms with E-state index in [9.17, 15) is 13.6 Å². The summed E-state index contributed by atoms with van der Waals surface area (Å²) in [6.45, 7) is 3.96. The molecular formula is C22H25F2IN4O5. The lowest BCUT2D eigenvalue weighted by molar-refractivity contribution is -0.0837. The molecule has 2 aromatic rings. The van der Waals surface area contributed by atoms with Gasteiger partial charge in [-0.15, -0.1) is 0 Å². The number of carbonyl (C=O) groups is 1. The summed E-state index contributed by atoms with van der Waals surface area (Å²) in [4.78, 5) is 21.3. The summed E-state index contributed by atoms with van der Waals surface area (Å²) in [7, 11) is 0. The van der Waals surface area contributed by atoms with Gasteiger partial charge in [0.05, 0.1) is 32.3 Å². The SMILES string of the molecule is O=C(N1CCOCC1)N1CC(c2ccc(C(F)(F)I)cc2)CC(c2nc(OC3COC3)no2)C1. The summed E-state index contributed by atoms with van der Waals surface area (Å²) in [5.41, 5.74) is 0.834. The van der Waals surface area contributed by atoms with Gasteiger partial charge >= 0.3 is 16.0 Å². The Morgan fingerprint density at radius 3 is 2.41 bits per heavy atom. The molecule has 2 amide bonds. The third-order valence-corrected chi connectivity index (χ3v) is 6.99. The number of likely N-dealkylation sites (tertiary alicyclic amines) is 1. The van der Waals surface area contributed by atoms with Gasteiger partial charge in [-0.1, -0.05) is 24.3 Å². The third-order valence-electron chi connectivity index (χ3n) is 6.36. The van der Waals surface area contributed by atoms with E-state index in [2.05, 4.69) is 10.1 Å². The van der Waals surface area contributed by atoms with Crippen molar-refractivity contribution in [2.75, 3.05) is 52.6 Å². The van der Waals surface area contributed by atoms with E-state index < -0.39 is 3.93 Å². The van der Waals surface area contributed by atoms with Crippen LogP contribution < -0.4 is 4.74 Å². The largest absolute Gasteiger partial charge is 0.453 e. The van der Waals surface area contributed by atoms with Crippen molar-refractivity contribution < 1.29 is 32.3 Å². The van der Waals surface area contributed by atoms with Crippen LogP contribution in [0, 0.1) is 0 Å². The first-order valence-corrected chi connectivity index (χ1v) is 12.3. The Kier molecular flexibility index (Phi) is 6.89. The van der Waals surface area contributed by atoms with E-state index in [1.165, 1.54) is 12.1 Å². The summed E-state index contributed by atoms with van der Waals surface area (Å²) in [5.74, 6) is 0.115. The van der Waals surface area contributed by atoms with Crippen LogP contribution in [0.4, 0.5) is 13.6 Å². The summed E-state index contributed by atoms with van der Waals surface area (Å²) in [6.07, 6.45) is 0.555. The van der Waals surface area contributed by atoms with Crippen molar-refractivity contribution in [3.63, 3.8) is 0 Å². The van der Waals surface area contributed by atoms with Crippen LogP contribution in [-0.2, 0) is 13.4 Å². The predicted molar refractivity (Wildman–Crippen MR) is 123 cm³/mol. The fourth-order valence-electron chi connectivity index (χ4n) is 4.44. The molecule has 4 heterocycles. The number of amides is 2. The Morgan fingerprint density at radius 1 is 1.06 bits per heavy atom. The topological polar surface area (TPSA) is 90.2 Å². The van der Waals surface area contributed by atoms with Crippen LogP contribution >= 0.6 is 22.6 Å². The molecular weight excluding hydrogens is 565 g/mol. The second-order valence-electron chi connectivity index (χ2n) is 8.73.